The van der Waals surface area contributed by atoms with Crippen LogP contribution in [0, 0.1) is 12.1 Å². The summed E-state index contributed by atoms with van der Waals surface area (Å²) in [7, 11) is 33.5. The molecule has 3 aliphatic carbocycles. The molecule has 451 valence electrons. The van der Waals surface area contributed by atoms with Gasteiger partial charge in [0.25, 0.3) is 0 Å². The Bertz CT molecular complexity index is 4370. The zero-order chi connectivity index (χ0) is 65.9. The van der Waals surface area contributed by atoms with Crippen molar-refractivity contribution in [1.82, 2.24) is 15.0 Å². The van der Waals surface area contributed by atoms with E-state index in [9.17, 15) is 0 Å². The zero-order valence-corrected chi connectivity index (χ0v) is 59.5. The molecule has 0 saturated carbocycles. The number of hydrogen-bond acceptors (Lipinski definition) is 4. The van der Waals surface area contributed by atoms with Crippen molar-refractivity contribution in [1.29, 1.82) is 0 Å². The first kappa shape index (κ1) is 71.7. The molecule has 5 nitrogen and oxygen atoms in total. The van der Waals surface area contributed by atoms with Crippen molar-refractivity contribution >= 4 is 117 Å². The van der Waals surface area contributed by atoms with Gasteiger partial charge in [0, 0.05) is 154 Å². The SMILES string of the molecule is CC(=[OH+])C=C(C)O.CC1(C)c2ccccc2-c2c[c-]c(-c3cc4ccccc4cn3)cc21.CC1(C)c2ccccc2-c2c[c-]c(-c3cc4ccccc4cn3)cc21.CC1(C)c2ccccc2-c2ccc(-c3cc4ccccc4cn3)cc21.[B][B]B([B])B(B([B])[B])B([B])[B].[Ir].[Ir]. The van der Waals surface area contributed by atoms with Gasteiger partial charge in [0.2, 0.25) is 0 Å². The summed E-state index contributed by atoms with van der Waals surface area (Å²) in [6, 6.07) is 80.2. The third kappa shape index (κ3) is 15.0. The summed E-state index contributed by atoms with van der Waals surface area (Å²) in [4.78, 5) is 22.4. The van der Waals surface area contributed by atoms with Crippen LogP contribution in [-0.2, 0) is 56.5 Å². The summed E-state index contributed by atoms with van der Waals surface area (Å²) in [6.07, 6.45) is 5.00. The fourth-order valence-electron chi connectivity index (χ4n) is 13.3. The fraction of sp³-hybridized carbons (Fsp3) is 0.143. The summed E-state index contributed by atoms with van der Waals surface area (Å²) >= 11 is 0. The number of benzene rings is 9. The van der Waals surface area contributed by atoms with Gasteiger partial charge in [-0.25, -0.2) is 0 Å². The van der Waals surface area contributed by atoms with Gasteiger partial charge in [-0.05, 0) is 102 Å². The number of aliphatic hydroxyl groups is 1. The van der Waals surface area contributed by atoms with Gasteiger partial charge >= 0.3 is 5.78 Å². The average Bonchev–Trinajstić information content (AvgIpc) is 1.60. The Morgan fingerprint density at radius 1 is 0.432 bits per heavy atom. The topological polar surface area (TPSA) is 80.3 Å². The molecule has 15 radical (unpaired) electrons. The monoisotopic (exact) mass is 1570 g/mol. The molecule has 9 aromatic carbocycles. The Hall–Kier alpha value is -7.57. The van der Waals surface area contributed by atoms with Gasteiger partial charge in [0.15, 0.2) is 0 Å². The normalized spacial score (nSPS) is 13.1. The maximum absolute atomic E-state index is 8.40. The smallest absolute Gasteiger partial charge is 0.316 e. The van der Waals surface area contributed by atoms with Crippen molar-refractivity contribution in [3.05, 3.63) is 282 Å². The van der Waals surface area contributed by atoms with Crippen molar-refractivity contribution in [2.45, 2.75) is 71.6 Å². The molecule has 0 spiro atoms. The molecule has 0 amide bonds. The zero-order valence-electron chi connectivity index (χ0n) is 54.7. The Kier molecular flexibility index (Phi) is 22.8. The Morgan fingerprint density at radius 2 is 0.758 bits per heavy atom. The fourth-order valence-corrected chi connectivity index (χ4v) is 13.3. The molecular formula is C77H64B11Ir2N3O2-. The van der Waals surface area contributed by atoms with Crippen molar-refractivity contribution < 1.29 is 50.1 Å². The largest absolute Gasteiger partial charge is 0.512 e. The molecule has 0 saturated heterocycles. The number of ketones is 1. The second-order valence-electron chi connectivity index (χ2n) is 25.8. The minimum Gasteiger partial charge on any atom is -0.512 e. The van der Waals surface area contributed by atoms with Gasteiger partial charge < -0.3 is 15.1 Å². The van der Waals surface area contributed by atoms with Gasteiger partial charge in [-0.2, -0.15) is 0 Å². The van der Waals surface area contributed by atoms with Crippen LogP contribution in [-0.4, -0.2) is 110 Å². The molecule has 0 bridgehead atoms. The van der Waals surface area contributed by atoms with Gasteiger partial charge in [0.1, 0.15) is 0 Å². The van der Waals surface area contributed by atoms with E-state index in [1.54, 1.807) is 0 Å². The van der Waals surface area contributed by atoms with E-state index in [0.717, 1.165) is 28.2 Å². The quantitative estimate of drug-likeness (QED) is 0.0540. The van der Waals surface area contributed by atoms with E-state index in [4.69, 9.17) is 61.3 Å². The minimum atomic E-state index is -0.648. The van der Waals surface area contributed by atoms with E-state index >= 15 is 0 Å². The molecule has 0 unspecified atom stereocenters. The van der Waals surface area contributed by atoms with E-state index in [1.165, 1.54) is 132 Å². The second-order valence-corrected chi connectivity index (χ2v) is 25.8. The standard InChI is InChI=1S/C24H19N.2C24H18N.C5H8O2.B11.2Ir/c3*1-24(2)21-10-6-5-9-19(21)20-12-11-17(13-22(20)24)23-14-16-7-3-4-8-18(16)15-25-23;1-4(6)3-5(2)7;1-7-10(6)11(8(2)3)9(4)5;;/h3-15H,1-2H3;2*3-10,12-15H,1-2H3;3,6H,1-2H3;;;/q;2*-1;;;;/p+1. The minimum absolute atomic E-state index is 0. The molecule has 0 fully saturated rings. The number of hydrogen-bond donors (Lipinski definition) is 1. The van der Waals surface area contributed by atoms with Crippen LogP contribution in [0.4, 0.5) is 0 Å². The number of fused-ring (bicyclic) bond motifs is 12. The first-order valence-corrected chi connectivity index (χ1v) is 31.4. The van der Waals surface area contributed by atoms with E-state index in [2.05, 4.69) is 258 Å². The van der Waals surface area contributed by atoms with Crippen LogP contribution in [0.5, 0.6) is 0 Å². The number of carbonyl (C=O) groups excluding carboxylic acids is 1. The van der Waals surface area contributed by atoms with Crippen LogP contribution < -0.4 is 0 Å². The summed E-state index contributed by atoms with van der Waals surface area (Å²) < 4.78 is 0. The Morgan fingerprint density at radius 3 is 1.11 bits per heavy atom. The molecule has 0 atom stereocenters. The summed E-state index contributed by atoms with van der Waals surface area (Å²) in [5.74, 6) is 0.250. The number of aromatic nitrogens is 3. The Labute approximate surface area is 598 Å². The van der Waals surface area contributed by atoms with Crippen molar-refractivity contribution in [2.24, 2.45) is 0 Å². The number of rotatable bonds is 8. The van der Waals surface area contributed by atoms with Gasteiger partial charge in [-0.15, -0.1) is 58.7 Å². The molecule has 15 rings (SSSR count). The molecule has 3 aliphatic rings. The number of aliphatic hydroxyl groups excluding tert-OH is 1. The van der Waals surface area contributed by atoms with E-state index in [-0.39, 0.29) is 74.4 Å². The van der Waals surface area contributed by atoms with Gasteiger partial charge in [0.05, 0.1) is 24.5 Å². The molecule has 12 aromatic rings. The third-order valence-corrected chi connectivity index (χ3v) is 18.3. The van der Waals surface area contributed by atoms with E-state index < -0.39 is 19.2 Å². The summed E-state index contributed by atoms with van der Waals surface area (Å²) in [6.45, 7) is 16.8. The number of nitrogens with zero attached hydrogens (tertiary/aromatic N) is 3. The average molecular weight is 1570 g/mol. The van der Waals surface area contributed by atoms with Gasteiger partial charge in [-0.3, -0.25) is 9.78 Å². The maximum atomic E-state index is 8.40. The first-order valence-electron chi connectivity index (χ1n) is 31.4. The van der Waals surface area contributed by atoms with Crippen LogP contribution >= 0.6 is 0 Å². The van der Waals surface area contributed by atoms with Crippen LogP contribution in [0.15, 0.2) is 237 Å². The van der Waals surface area contributed by atoms with Crippen LogP contribution in [0.1, 0.15) is 88.8 Å². The Balaban J connectivity index is 0.000000147. The molecule has 2 N–H and O–H groups in total. The second kappa shape index (κ2) is 30.2. The first-order chi connectivity index (χ1) is 44.6. The number of allylic oxidation sites excluding steroid dienone is 2. The molecular weight excluding hydrogens is 1500 g/mol. The maximum Gasteiger partial charge on any atom is 0.316 e. The molecule has 0 aliphatic heterocycles. The number of pyridine rings is 3. The van der Waals surface area contributed by atoms with E-state index in [1.807, 2.05) is 30.7 Å². The van der Waals surface area contributed by atoms with Crippen molar-refractivity contribution in [2.75, 3.05) is 0 Å². The van der Waals surface area contributed by atoms with Crippen LogP contribution in [0.25, 0.3) is 99.5 Å². The summed E-state index contributed by atoms with van der Waals surface area (Å²) in [5, 5.41) is 15.6. The molecule has 3 aromatic heterocycles. The van der Waals surface area contributed by atoms with E-state index in [0.29, 0.717) is 0 Å². The van der Waals surface area contributed by atoms with Crippen LogP contribution in [0.2, 0.25) is 0 Å². The predicted molar refractivity (Wildman–Crippen MR) is 404 cm³/mol. The molecule has 95 heavy (non-hydrogen) atoms. The van der Waals surface area contributed by atoms with Crippen molar-refractivity contribution in [3.63, 3.8) is 0 Å². The molecule has 18 heteroatoms. The third-order valence-electron chi connectivity index (χ3n) is 18.3. The van der Waals surface area contributed by atoms with Crippen molar-refractivity contribution in [3.8, 4) is 67.2 Å². The van der Waals surface area contributed by atoms with Gasteiger partial charge in [-0.1, -0.05) is 234 Å². The van der Waals surface area contributed by atoms with Crippen LogP contribution in [0.3, 0.4) is 0 Å². The summed E-state index contributed by atoms with van der Waals surface area (Å²) in [5.41, 5.74) is 22.6. The predicted octanol–water partition coefficient (Wildman–Crippen LogP) is 15.0. The molecule has 3 heterocycles.